The first-order valence-corrected chi connectivity index (χ1v) is 7.74. The van der Waals surface area contributed by atoms with Crippen LogP contribution in [0.2, 0.25) is 0 Å². The van der Waals surface area contributed by atoms with Crippen molar-refractivity contribution in [1.82, 2.24) is 5.32 Å². The predicted molar refractivity (Wildman–Crippen MR) is 82.4 cm³/mol. The van der Waals surface area contributed by atoms with E-state index in [4.69, 9.17) is 0 Å². The minimum atomic E-state index is -0.858. The van der Waals surface area contributed by atoms with Gasteiger partial charge >= 0.3 is 0 Å². The van der Waals surface area contributed by atoms with Gasteiger partial charge in [0.25, 0.3) is 0 Å². The number of para-hydroxylation sites is 1. The Hall–Kier alpha value is -1.36. The number of amides is 2. The number of anilines is 1. The molecule has 0 aromatic heterocycles. The quantitative estimate of drug-likeness (QED) is 0.618. The van der Waals surface area contributed by atoms with Gasteiger partial charge in [-0.05, 0) is 47.3 Å². The number of benzene rings is 1. The van der Waals surface area contributed by atoms with Crippen molar-refractivity contribution in [2.24, 2.45) is 5.41 Å². The lowest BCUT2D eigenvalue weighted by Gasteiger charge is -2.16. The topological polar surface area (TPSA) is 58.2 Å². The average Bonchev–Trinajstić information content (AvgIpc) is 3.23. The first-order chi connectivity index (χ1) is 9.60. The molecule has 0 spiro atoms. The molecular formula is C15H19BrN2O2. The third-order valence-electron chi connectivity index (χ3n) is 3.56. The number of hydrogen-bond acceptors (Lipinski definition) is 2. The number of carbonyl (C=O) groups excluding carboxylic acids is 2. The molecule has 4 nitrogen and oxygen atoms in total. The van der Waals surface area contributed by atoms with Gasteiger partial charge in [0.1, 0.15) is 5.41 Å². The Labute approximate surface area is 127 Å². The number of hydrogen-bond donors (Lipinski definition) is 2. The van der Waals surface area contributed by atoms with Crippen molar-refractivity contribution in [3.05, 3.63) is 28.7 Å². The summed E-state index contributed by atoms with van der Waals surface area (Å²) in [5.41, 5.74) is -0.159. The zero-order valence-electron chi connectivity index (χ0n) is 11.5. The lowest BCUT2D eigenvalue weighted by Crippen LogP contribution is -2.40. The molecule has 0 aliphatic heterocycles. The molecule has 1 aromatic carbocycles. The van der Waals surface area contributed by atoms with Crippen LogP contribution in [-0.2, 0) is 9.59 Å². The average molecular weight is 339 g/mol. The Kier molecular flexibility index (Phi) is 4.81. The van der Waals surface area contributed by atoms with Crippen LogP contribution in [0.25, 0.3) is 0 Å². The van der Waals surface area contributed by atoms with Crippen molar-refractivity contribution in [3.63, 3.8) is 0 Å². The summed E-state index contributed by atoms with van der Waals surface area (Å²) in [4.78, 5) is 24.5. The molecule has 1 fully saturated rings. The molecule has 0 atom stereocenters. The lowest BCUT2D eigenvalue weighted by atomic mass is 10.0. The summed E-state index contributed by atoms with van der Waals surface area (Å²) in [6.45, 7) is 2.71. The van der Waals surface area contributed by atoms with E-state index < -0.39 is 5.41 Å². The molecule has 20 heavy (non-hydrogen) atoms. The summed E-state index contributed by atoms with van der Waals surface area (Å²) in [6.07, 6.45) is 3.21. The second-order valence-electron chi connectivity index (χ2n) is 5.13. The predicted octanol–water partition coefficient (Wildman–Crippen LogP) is 3.08. The molecule has 1 aliphatic carbocycles. The van der Waals surface area contributed by atoms with Gasteiger partial charge in [-0.2, -0.15) is 0 Å². The summed E-state index contributed by atoms with van der Waals surface area (Å²) in [5.74, 6) is -0.353. The summed E-state index contributed by atoms with van der Waals surface area (Å²) < 4.78 is 0.815. The summed E-state index contributed by atoms with van der Waals surface area (Å²) in [5, 5.41) is 5.69. The Morgan fingerprint density at radius 2 is 1.95 bits per heavy atom. The van der Waals surface area contributed by atoms with Crippen LogP contribution >= 0.6 is 15.9 Å². The van der Waals surface area contributed by atoms with Gasteiger partial charge in [-0.1, -0.05) is 25.5 Å². The molecule has 0 heterocycles. The number of unbranched alkanes of at least 4 members (excludes halogenated alkanes) is 1. The van der Waals surface area contributed by atoms with Gasteiger partial charge in [0.15, 0.2) is 0 Å². The van der Waals surface area contributed by atoms with Crippen molar-refractivity contribution < 1.29 is 9.59 Å². The van der Waals surface area contributed by atoms with E-state index in [1.54, 1.807) is 0 Å². The molecule has 0 saturated heterocycles. The molecular weight excluding hydrogens is 320 g/mol. The van der Waals surface area contributed by atoms with Crippen molar-refractivity contribution in [3.8, 4) is 0 Å². The zero-order chi connectivity index (χ0) is 14.6. The van der Waals surface area contributed by atoms with Gasteiger partial charge in [0.2, 0.25) is 11.8 Å². The first kappa shape index (κ1) is 15.0. The van der Waals surface area contributed by atoms with E-state index in [0.29, 0.717) is 25.1 Å². The van der Waals surface area contributed by atoms with Crippen LogP contribution in [0.1, 0.15) is 32.6 Å². The van der Waals surface area contributed by atoms with Crippen LogP contribution < -0.4 is 10.6 Å². The van der Waals surface area contributed by atoms with Crippen molar-refractivity contribution in [1.29, 1.82) is 0 Å². The van der Waals surface area contributed by atoms with Crippen molar-refractivity contribution in [2.75, 3.05) is 11.9 Å². The Bertz CT molecular complexity index is 512. The van der Waals surface area contributed by atoms with Gasteiger partial charge in [-0.25, -0.2) is 0 Å². The maximum atomic E-state index is 12.3. The summed E-state index contributed by atoms with van der Waals surface area (Å²) in [6, 6.07) is 7.40. The third-order valence-corrected chi connectivity index (χ3v) is 4.25. The highest BCUT2D eigenvalue weighted by atomic mass is 79.9. The normalized spacial score (nSPS) is 15.5. The second-order valence-corrected chi connectivity index (χ2v) is 5.98. The van der Waals surface area contributed by atoms with E-state index in [9.17, 15) is 9.59 Å². The zero-order valence-corrected chi connectivity index (χ0v) is 13.1. The van der Waals surface area contributed by atoms with Gasteiger partial charge < -0.3 is 10.6 Å². The fraction of sp³-hybridized carbons (Fsp3) is 0.467. The number of halogens is 1. The smallest absolute Gasteiger partial charge is 0.240 e. The van der Waals surface area contributed by atoms with Crippen LogP contribution in [0, 0.1) is 5.41 Å². The molecule has 2 N–H and O–H groups in total. The van der Waals surface area contributed by atoms with Gasteiger partial charge in [0.05, 0.1) is 5.69 Å². The molecule has 0 unspecified atom stereocenters. The van der Waals surface area contributed by atoms with Crippen LogP contribution in [0.5, 0.6) is 0 Å². The Morgan fingerprint density at radius 3 is 2.55 bits per heavy atom. The first-order valence-electron chi connectivity index (χ1n) is 6.94. The highest BCUT2D eigenvalue weighted by Crippen LogP contribution is 2.47. The number of rotatable bonds is 6. The molecule has 0 radical (unpaired) electrons. The molecule has 1 aromatic rings. The maximum Gasteiger partial charge on any atom is 0.240 e. The van der Waals surface area contributed by atoms with Crippen LogP contribution in [0.15, 0.2) is 28.7 Å². The van der Waals surface area contributed by atoms with E-state index in [-0.39, 0.29) is 11.8 Å². The van der Waals surface area contributed by atoms with Crippen molar-refractivity contribution >= 4 is 33.4 Å². The Morgan fingerprint density at radius 1 is 1.25 bits per heavy atom. The molecule has 108 valence electrons. The van der Waals surface area contributed by atoms with E-state index in [1.165, 1.54) is 0 Å². The fourth-order valence-corrected chi connectivity index (χ4v) is 2.42. The summed E-state index contributed by atoms with van der Waals surface area (Å²) in [7, 11) is 0. The standard InChI is InChI=1S/C15H19BrN2O2/c1-2-3-10-17-13(19)15(8-9-15)14(20)18-12-7-5-4-6-11(12)16/h4-7H,2-3,8-10H2,1H3,(H,17,19)(H,18,20). The Balaban J connectivity index is 1.98. The maximum absolute atomic E-state index is 12.3. The minimum Gasteiger partial charge on any atom is -0.355 e. The molecule has 1 aliphatic rings. The highest BCUT2D eigenvalue weighted by Gasteiger charge is 2.56. The minimum absolute atomic E-state index is 0.143. The van der Waals surface area contributed by atoms with Gasteiger partial charge in [-0.3, -0.25) is 9.59 Å². The van der Waals surface area contributed by atoms with Crippen molar-refractivity contribution in [2.45, 2.75) is 32.6 Å². The fourth-order valence-electron chi connectivity index (χ4n) is 2.03. The number of carbonyl (C=O) groups is 2. The molecule has 0 bridgehead atoms. The monoisotopic (exact) mass is 338 g/mol. The summed E-state index contributed by atoms with van der Waals surface area (Å²) >= 11 is 3.38. The van der Waals surface area contributed by atoms with E-state index in [0.717, 1.165) is 17.3 Å². The van der Waals surface area contributed by atoms with Crippen LogP contribution in [0.4, 0.5) is 5.69 Å². The highest BCUT2D eigenvalue weighted by molar-refractivity contribution is 9.10. The molecule has 2 rings (SSSR count). The van der Waals surface area contributed by atoms with E-state index in [2.05, 4.69) is 33.5 Å². The van der Waals surface area contributed by atoms with E-state index >= 15 is 0 Å². The molecule has 5 heteroatoms. The number of nitrogens with one attached hydrogen (secondary N) is 2. The molecule has 1 saturated carbocycles. The van der Waals surface area contributed by atoms with Gasteiger partial charge in [0, 0.05) is 11.0 Å². The van der Waals surface area contributed by atoms with Crippen LogP contribution in [-0.4, -0.2) is 18.4 Å². The largest absolute Gasteiger partial charge is 0.355 e. The van der Waals surface area contributed by atoms with E-state index in [1.807, 2.05) is 24.3 Å². The van der Waals surface area contributed by atoms with Gasteiger partial charge in [-0.15, -0.1) is 0 Å². The molecule has 2 amide bonds. The third kappa shape index (κ3) is 3.20. The second kappa shape index (κ2) is 6.39. The lowest BCUT2D eigenvalue weighted by molar-refractivity contribution is -0.134. The SMILES string of the molecule is CCCCNC(=O)C1(C(=O)Nc2ccccc2Br)CC1. The van der Waals surface area contributed by atoms with Crippen LogP contribution in [0.3, 0.4) is 0 Å².